The van der Waals surface area contributed by atoms with E-state index >= 15 is 0 Å². The fourth-order valence-corrected chi connectivity index (χ4v) is 7.68. The predicted octanol–water partition coefficient (Wildman–Crippen LogP) is 11.3. The zero-order valence-corrected chi connectivity index (χ0v) is 27.2. The van der Waals surface area contributed by atoms with E-state index in [-0.39, 0.29) is 0 Å². The number of hydrogen-bond acceptors (Lipinski definition) is 4. The van der Waals surface area contributed by atoms with E-state index < -0.39 is 0 Å². The molecule has 6 heteroatoms. The van der Waals surface area contributed by atoms with Gasteiger partial charge in [0.1, 0.15) is 11.2 Å². The Labute approximate surface area is 291 Å². The minimum Gasteiger partial charge on any atom is -0.456 e. The second-order valence-electron chi connectivity index (χ2n) is 12.9. The van der Waals surface area contributed by atoms with Crippen molar-refractivity contribution < 1.29 is 4.42 Å². The van der Waals surface area contributed by atoms with E-state index in [0.717, 1.165) is 71.6 Å². The molecule has 0 aliphatic heterocycles. The number of hydrogen-bond donors (Lipinski definition) is 0. The molecule has 4 heterocycles. The van der Waals surface area contributed by atoms with Crippen molar-refractivity contribution in [3.63, 3.8) is 0 Å². The van der Waals surface area contributed by atoms with Crippen molar-refractivity contribution in [2.24, 2.45) is 0 Å². The molecule has 0 atom stereocenters. The van der Waals surface area contributed by atoms with Gasteiger partial charge in [0, 0.05) is 49.1 Å². The van der Waals surface area contributed by atoms with Gasteiger partial charge in [-0.3, -0.25) is 4.57 Å². The molecule has 0 bridgehead atoms. The summed E-state index contributed by atoms with van der Waals surface area (Å²) in [5, 5.41) is 6.72. The van der Waals surface area contributed by atoms with Gasteiger partial charge in [0.05, 0.1) is 22.1 Å². The highest BCUT2D eigenvalue weighted by Crippen LogP contribution is 2.40. The second kappa shape index (κ2) is 10.7. The molecule has 0 aliphatic rings. The number of nitrogens with zero attached hydrogens (tertiary/aromatic N) is 5. The van der Waals surface area contributed by atoms with Crippen molar-refractivity contribution in [3.05, 3.63) is 164 Å². The van der Waals surface area contributed by atoms with Gasteiger partial charge in [0.25, 0.3) is 0 Å². The van der Waals surface area contributed by atoms with Crippen molar-refractivity contribution in [1.29, 1.82) is 0 Å². The molecule has 0 saturated carbocycles. The molecule has 6 nitrogen and oxygen atoms in total. The summed E-state index contributed by atoms with van der Waals surface area (Å²) in [6, 6.07) is 56.8. The van der Waals surface area contributed by atoms with Crippen LogP contribution in [0.25, 0.3) is 100.0 Å². The molecule has 7 aromatic carbocycles. The molecule has 0 saturated heterocycles. The molecule has 4 aromatic heterocycles. The first-order chi connectivity index (χ1) is 25.3. The van der Waals surface area contributed by atoms with Crippen molar-refractivity contribution in [2.75, 3.05) is 0 Å². The van der Waals surface area contributed by atoms with E-state index in [0.29, 0.717) is 17.6 Å². The van der Waals surface area contributed by atoms with Crippen molar-refractivity contribution in [3.8, 4) is 34.4 Å². The molecule has 51 heavy (non-hydrogen) atoms. The van der Waals surface area contributed by atoms with E-state index in [2.05, 4.69) is 112 Å². The molecule has 0 radical (unpaired) electrons. The number of para-hydroxylation sites is 4. The van der Waals surface area contributed by atoms with Crippen LogP contribution in [0.15, 0.2) is 168 Å². The molecular formula is C45H27N5O. The van der Waals surface area contributed by atoms with Crippen molar-refractivity contribution >= 4 is 65.6 Å². The van der Waals surface area contributed by atoms with Gasteiger partial charge in [0.2, 0.25) is 5.95 Å². The summed E-state index contributed by atoms with van der Waals surface area (Å²) in [6.45, 7) is 0. The van der Waals surface area contributed by atoms with E-state index in [4.69, 9.17) is 19.4 Å². The number of benzene rings is 7. The van der Waals surface area contributed by atoms with Gasteiger partial charge >= 0.3 is 0 Å². The third-order valence-corrected chi connectivity index (χ3v) is 9.97. The van der Waals surface area contributed by atoms with E-state index in [1.165, 1.54) is 10.8 Å². The van der Waals surface area contributed by atoms with Crippen molar-refractivity contribution in [1.82, 2.24) is 24.1 Å². The smallest absolute Gasteiger partial charge is 0.238 e. The lowest BCUT2D eigenvalue weighted by Gasteiger charge is -2.11. The molecule has 11 rings (SSSR count). The maximum atomic E-state index is 6.15. The fourth-order valence-electron chi connectivity index (χ4n) is 7.68. The van der Waals surface area contributed by atoms with Gasteiger partial charge in [-0.25, -0.2) is 4.98 Å². The molecule has 0 N–H and O–H groups in total. The Morgan fingerprint density at radius 2 is 0.902 bits per heavy atom. The van der Waals surface area contributed by atoms with Crippen LogP contribution >= 0.6 is 0 Å². The van der Waals surface area contributed by atoms with Crippen LogP contribution in [-0.4, -0.2) is 24.1 Å². The highest BCUT2D eigenvalue weighted by molar-refractivity contribution is 6.19. The largest absolute Gasteiger partial charge is 0.456 e. The van der Waals surface area contributed by atoms with Gasteiger partial charge in [-0.1, -0.05) is 103 Å². The van der Waals surface area contributed by atoms with Gasteiger partial charge in [0.15, 0.2) is 11.6 Å². The summed E-state index contributed by atoms with van der Waals surface area (Å²) < 4.78 is 10.7. The average molecular weight is 654 g/mol. The Morgan fingerprint density at radius 1 is 0.353 bits per heavy atom. The Morgan fingerprint density at radius 3 is 1.63 bits per heavy atom. The maximum Gasteiger partial charge on any atom is 0.238 e. The van der Waals surface area contributed by atoms with Crippen LogP contribution in [0, 0.1) is 0 Å². The SMILES string of the molecule is c1ccc(-c2nc(-c3ccc4oc5ccccc5c4c3)nc(-n3c4ccccc4c4cc5c(cc43)c3ccccc3n5-c3ccccc3)n2)cc1. The normalized spacial score (nSPS) is 11.9. The van der Waals surface area contributed by atoms with Crippen LogP contribution in [-0.2, 0) is 0 Å². The average Bonchev–Trinajstić information content (AvgIpc) is 3.84. The summed E-state index contributed by atoms with van der Waals surface area (Å²) in [7, 11) is 0. The number of aromatic nitrogens is 5. The van der Waals surface area contributed by atoms with Crippen LogP contribution in [0.5, 0.6) is 0 Å². The quantitative estimate of drug-likeness (QED) is 0.190. The molecule has 0 fully saturated rings. The summed E-state index contributed by atoms with van der Waals surface area (Å²) in [5.41, 5.74) is 9.02. The molecule has 0 aliphatic carbocycles. The first-order valence-corrected chi connectivity index (χ1v) is 17.0. The predicted molar refractivity (Wildman–Crippen MR) is 207 cm³/mol. The number of furan rings is 1. The zero-order valence-electron chi connectivity index (χ0n) is 27.2. The molecule has 0 amide bonds. The first kappa shape index (κ1) is 27.9. The van der Waals surface area contributed by atoms with E-state index in [9.17, 15) is 0 Å². The van der Waals surface area contributed by atoms with Crippen LogP contribution in [0.1, 0.15) is 0 Å². The Hall–Kier alpha value is -7.05. The van der Waals surface area contributed by atoms with E-state index in [1.807, 2.05) is 60.7 Å². The maximum absolute atomic E-state index is 6.15. The third-order valence-electron chi connectivity index (χ3n) is 9.97. The minimum atomic E-state index is 0.563. The lowest BCUT2D eigenvalue weighted by molar-refractivity contribution is 0.669. The van der Waals surface area contributed by atoms with Gasteiger partial charge in [-0.2, -0.15) is 9.97 Å². The summed E-state index contributed by atoms with van der Waals surface area (Å²) in [5.74, 6) is 1.77. The van der Waals surface area contributed by atoms with E-state index in [1.54, 1.807) is 0 Å². The summed E-state index contributed by atoms with van der Waals surface area (Å²) >= 11 is 0. The first-order valence-electron chi connectivity index (χ1n) is 17.0. The highest BCUT2D eigenvalue weighted by atomic mass is 16.3. The second-order valence-corrected chi connectivity index (χ2v) is 12.9. The standard InChI is InChI=1S/C45H27N5O/c1-3-13-28(14-4-1)43-46-44(29-23-24-42-36(25-29)33-19-9-12-22-41(33)51-42)48-45(47-43)50-38-21-11-8-18-32(38)35-26-39-34(27-40(35)50)31-17-7-10-20-37(31)49(39)30-15-5-2-6-16-30/h1-27H. The topological polar surface area (TPSA) is 61.7 Å². The van der Waals surface area contributed by atoms with Crippen LogP contribution in [0.2, 0.25) is 0 Å². The lowest BCUT2D eigenvalue weighted by atomic mass is 10.1. The summed E-state index contributed by atoms with van der Waals surface area (Å²) in [6.07, 6.45) is 0. The molecule has 0 spiro atoms. The molecule has 11 aromatic rings. The number of rotatable bonds is 4. The lowest BCUT2D eigenvalue weighted by Crippen LogP contribution is -2.06. The Bertz CT molecular complexity index is 3140. The monoisotopic (exact) mass is 653 g/mol. The fraction of sp³-hybridized carbons (Fsp3) is 0. The third kappa shape index (κ3) is 4.20. The molecule has 238 valence electrons. The summed E-state index contributed by atoms with van der Waals surface area (Å²) in [4.78, 5) is 15.5. The number of fused-ring (bicyclic) bond motifs is 9. The highest BCUT2D eigenvalue weighted by Gasteiger charge is 2.21. The van der Waals surface area contributed by atoms with Crippen LogP contribution in [0.3, 0.4) is 0 Å². The van der Waals surface area contributed by atoms with Gasteiger partial charge < -0.3 is 8.98 Å². The minimum absolute atomic E-state index is 0.563. The zero-order chi connectivity index (χ0) is 33.5. The molecular weight excluding hydrogens is 627 g/mol. The van der Waals surface area contributed by atoms with Gasteiger partial charge in [-0.15, -0.1) is 0 Å². The van der Waals surface area contributed by atoms with Crippen LogP contribution in [0.4, 0.5) is 0 Å². The Kier molecular flexibility index (Phi) is 5.86. The van der Waals surface area contributed by atoms with Crippen molar-refractivity contribution in [2.45, 2.75) is 0 Å². The Balaban J connectivity index is 1.22. The van der Waals surface area contributed by atoms with Crippen LogP contribution < -0.4 is 0 Å². The molecule has 0 unspecified atom stereocenters. The van der Waals surface area contributed by atoms with Gasteiger partial charge in [-0.05, 0) is 60.7 Å².